The fourth-order valence-electron chi connectivity index (χ4n) is 4.90. The molecule has 0 aromatic heterocycles. The second kappa shape index (κ2) is 8.19. The van der Waals surface area contributed by atoms with E-state index in [2.05, 4.69) is 0 Å². The molecule has 29 heavy (non-hydrogen) atoms. The summed E-state index contributed by atoms with van der Waals surface area (Å²) in [5, 5.41) is 0. The molecule has 2 saturated carbocycles. The van der Waals surface area contributed by atoms with Crippen LogP contribution in [0, 0.1) is 23.7 Å². The molecule has 2 aliphatic rings. The van der Waals surface area contributed by atoms with Gasteiger partial charge in [-0.2, -0.15) is 0 Å². The highest BCUT2D eigenvalue weighted by Crippen LogP contribution is 2.53. The van der Waals surface area contributed by atoms with E-state index >= 15 is 0 Å². The van der Waals surface area contributed by atoms with Crippen LogP contribution in [0.2, 0.25) is 0 Å². The molecule has 2 bridgehead atoms. The van der Waals surface area contributed by atoms with E-state index in [0.29, 0.717) is 16.9 Å². The molecule has 4 rings (SSSR count). The highest BCUT2D eigenvalue weighted by Gasteiger charge is 2.54. The van der Waals surface area contributed by atoms with Crippen molar-refractivity contribution in [3.05, 3.63) is 65.7 Å². The Labute approximate surface area is 170 Å². The zero-order valence-electron chi connectivity index (χ0n) is 16.4. The number of carbonyl (C=O) groups excluding carboxylic acids is 3. The lowest BCUT2D eigenvalue weighted by molar-refractivity contribution is -0.150. The zero-order valence-corrected chi connectivity index (χ0v) is 16.4. The van der Waals surface area contributed by atoms with Crippen molar-refractivity contribution in [3.8, 4) is 5.75 Å². The van der Waals surface area contributed by atoms with Gasteiger partial charge in [-0.3, -0.25) is 14.4 Å². The van der Waals surface area contributed by atoms with E-state index in [9.17, 15) is 14.4 Å². The van der Waals surface area contributed by atoms with Gasteiger partial charge in [0.05, 0.1) is 13.0 Å². The van der Waals surface area contributed by atoms with Gasteiger partial charge in [-0.05, 0) is 55.4 Å². The summed E-state index contributed by atoms with van der Waals surface area (Å²) in [6.45, 7) is -0.314. The van der Waals surface area contributed by atoms with Crippen molar-refractivity contribution < 1.29 is 23.9 Å². The number of rotatable bonds is 7. The molecule has 2 aliphatic carbocycles. The molecule has 0 unspecified atom stereocenters. The van der Waals surface area contributed by atoms with Crippen molar-refractivity contribution in [2.75, 3.05) is 13.7 Å². The molecule has 0 radical (unpaired) electrons. The topological polar surface area (TPSA) is 69.7 Å². The van der Waals surface area contributed by atoms with Crippen LogP contribution in [0.25, 0.3) is 0 Å². The van der Waals surface area contributed by atoms with Crippen molar-refractivity contribution in [2.24, 2.45) is 23.7 Å². The number of ether oxygens (including phenoxy) is 2. The number of benzene rings is 2. The summed E-state index contributed by atoms with van der Waals surface area (Å²) in [4.78, 5) is 38.3. The summed E-state index contributed by atoms with van der Waals surface area (Å²) in [6.07, 6.45) is 2.80. The Morgan fingerprint density at radius 2 is 1.52 bits per heavy atom. The second-order valence-corrected chi connectivity index (χ2v) is 7.87. The lowest BCUT2D eigenvalue weighted by Gasteiger charge is -2.28. The number of hydrogen-bond acceptors (Lipinski definition) is 5. The highest BCUT2D eigenvalue weighted by atomic mass is 16.5. The summed E-state index contributed by atoms with van der Waals surface area (Å²) in [7, 11) is 1.56. The minimum Gasteiger partial charge on any atom is -0.497 e. The van der Waals surface area contributed by atoms with Crippen LogP contribution in [0.1, 0.15) is 40.0 Å². The molecule has 0 heterocycles. The van der Waals surface area contributed by atoms with E-state index in [4.69, 9.17) is 9.47 Å². The molecule has 0 N–H and O–H groups in total. The second-order valence-electron chi connectivity index (χ2n) is 7.87. The molecule has 2 aromatic rings. The summed E-state index contributed by atoms with van der Waals surface area (Å²) in [6, 6.07) is 15.8. The van der Waals surface area contributed by atoms with Gasteiger partial charge in [-0.1, -0.05) is 30.3 Å². The molecule has 0 aliphatic heterocycles. The minimum atomic E-state index is -0.454. The zero-order chi connectivity index (χ0) is 20.4. The van der Waals surface area contributed by atoms with Crippen LogP contribution in [0.4, 0.5) is 0 Å². The van der Waals surface area contributed by atoms with Crippen molar-refractivity contribution in [1.29, 1.82) is 0 Å². The number of esters is 1. The fourth-order valence-corrected chi connectivity index (χ4v) is 4.90. The molecule has 0 amide bonds. The Morgan fingerprint density at radius 1 is 0.862 bits per heavy atom. The third-order valence-corrected chi connectivity index (χ3v) is 6.31. The maximum atomic E-state index is 13.1. The molecule has 5 nitrogen and oxygen atoms in total. The maximum Gasteiger partial charge on any atom is 0.310 e. The number of ketones is 2. The van der Waals surface area contributed by atoms with E-state index in [1.807, 2.05) is 18.2 Å². The molecule has 5 heteroatoms. The van der Waals surface area contributed by atoms with Gasteiger partial charge in [0.15, 0.2) is 18.2 Å². The van der Waals surface area contributed by atoms with Gasteiger partial charge in [0.2, 0.25) is 0 Å². The van der Waals surface area contributed by atoms with Gasteiger partial charge in [0.1, 0.15) is 5.75 Å². The van der Waals surface area contributed by atoms with Gasteiger partial charge in [-0.25, -0.2) is 0 Å². The predicted octanol–water partition coefficient (Wildman–Crippen LogP) is 3.97. The van der Waals surface area contributed by atoms with Crippen LogP contribution in [-0.2, 0) is 9.53 Å². The molecule has 4 atom stereocenters. The molecular weight excluding hydrogens is 368 g/mol. The smallest absolute Gasteiger partial charge is 0.310 e. The Balaban J connectivity index is 1.43. The quantitative estimate of drug-likeness (QED) is 0.527. The number of methoxy groups -OCH3 is 1. The van der Waals surface area contributed by atoms with Gasteiger partial charge < -0.3 is 9.47 Å². The summed E-state index contributed by atoms with van der Waals surface area (Å²) >= 11 is 0. The van der Waals surface area contributed by atoms with Crippen LogP contribution >= 0.6 is 0 Å². The van der Waals surface area contributed by atoms with E-state index in [-0.39, 0.29) is 35.9 Å². The average Bonchev–Trinajstić information content (AvgIpc) is 3.39. The van der Waals surface area contributed by atoms with Crippen molar-refractivity contribution in [2.45, 2.75) is 19.3 Å². The van der Waals surface area contributed by atoms with Crippen LogP contribution in [0.5, 0.6) is 5.75 Å². The van der Waals surface area contributed by atoms with E-state index in [1.165, 1.54) is 0 Å². The molecule has 2 fully saturated rings. The molecular formula is C24H24O5. The lowest BCUT2D eigenvalue weighted by Crippen LogP contribution is -2.36. The first-order valence-corrected chi connectivity index (χ1v) is 10.0. The van der Waals surface area contributed by atoms with Crippen LogP contribution in [0.3, 0.4) is 0 Å². The van der Waals surface area contributed by atoms with Crippen molar-refractivity contribution >= 4 is 17.5 Å². The van der Waals surface area contributed by atoms with Gasteiger partial charge in [-0.15, -0.1) is 0 Å². The Hall–Kier alpha value is -2.95. The van der Waals surface area contributed by atoms with Crippen molar-refractivity contribution in [3.63, 3.8) is 0 Å². The number of hydrogen-bond donors (Lipinski definition) is 0. The number of carbonyl (C=O) groups is 3. The first-order chi connectivity index (χ1) is 14.1. The summed E-state index contributed by atoms with van der Waals surface area (Å²) < 4.78 is 10.5. The molecule has 2 aromatic carbocycles. The Kier molecular flexibility index (Phi) is 5.47. The largest absolute Gasteiger partial charge is 0.497 e. The minimum absolute atomic E-state index is 0.0150. The SMILES string of the molecule is COc1ccc(C(=O)COC(=O)[C@@H]2[C@@H]3CC[C@H](C3)[C@@H]2C(=O)c2ccccc2)cc1. The van der Waals surface area contributed by atoms with Crippen LogP contribution in [-0.4, -0.2) is 31.3 Å². The summed E-state index contributed by atoms with van der Waals surface area (Å²) in [5.74, 6) is -0.430. The fraction of sp³-hybridized carbons (Fsp3) is 0.375. The third-order valence-electron chi connectivity index (χ3n) is 6.31. The Bertz CT molecular complexity index is 903. The third kappa shape index (κ3) is 3.82. The molecule has 150 valence electrons. The summed E-state index contributed by atoms with van der Waals surface area (Å²) in [5.41, 5.74) is 1.10. The van der Waals surface area contributed by atoms with E-state index in [1.54, 1.807) is 43.5 Å². The standard InChI is InChI=1S/C24H24O5/c1-28-19-11-9-15(10-12-19)20(25)14-29-24(27)22-18-8-7-17(13-18)21(22)23(26)16-5-3-2-4-6-16/h2-6,9-12,17-18,21-22H,7-8,13-14H2,1H3/t17-,18-,21+,22-/m1/s1. The predicted molar refractivity (Wildman–Crippen MR) is 107 cm³/mol. The van der Waals surface area contributed by atoms with E-state index in [0.717, 1.165) is 19.3 Å². The van der Waals surface area contributed by atoms with Crippen LogP contribution < -0.4 is 4.74 Å². The molecule has 0 saturated heterocycles. The normalized spacial score (nSPS) is 24.9. The first-order valence-electron chi connectivity index (χ1n) is 10.0. The molecule has 0 spiro atoms. The number of Topliss-reactive ketones (excluding diaryl/α,β-unsaturated/α-hetero) is 2. The average molecular weight is 392 g/mol. The van der Waals surface area contributed by atoms with Crippen molar-refractivity contribution in [1.82, 2.24) is 0 Å². The van der Waals surface area contributed by atoms with E-state index < -0.39 is 11.9 Å². The lowest BCUT2D eigenvalue weighted by atomic mass is 9.75. The monoisotopic (exact) mass is 392 g/mol. The number of fused-ring (bicyclic) bond motifs is 2. The maximum absolute atomic E-state index is 13.1. The van der Waals surface area contributed by atoms with Gasteiger partial charge >= 0.3 is 5.97 Å². The van der Waals surface area contributed by atoms with Crippen LogP contribution in [0.15, 0.2) is 54.6 Å². The van der Waals surface area contributed by atoms with Gasteiger partial charge in [0.25, 0.3) is 0 Å². The highest BCUT2D eigenvalue weighted by molar-refractivity contribution is 6.01. The van der Waals surface area contributed by atoms with Gasteiger partial charge in [0, 0.05) is 17.0 Å². The Morgan fingerprint density at radius 3 is 2.17 bits per heavy atom. The first kappa shape index (κ1) is 19.4.